The summed E-state index contributed by atoms with van der Waals surface area (Å²) in [5.74, 6) is -76.3. The Hall–Kier alpha value is -1.47. The van der Waals surface area contributed by atoms with Gasteiger partial charge in [0.15, 0.2) is 6.17 Å². The van der Waals surface area contributed by atoms with Crippen LogP contribution in [-0.2, 0) is 0 Å². The number of hydrogen-bond donors (Lipinski definition) is 0. The van der Waals surface area contributed by atoms with E-state index in [9.17, 15) is 92.2 Å². The zero-order chi connectivity index (χ0) is 29.1. The minimum absolute atomic E-state index is 0.692. The van der Waals surface area contributed by atoms with E-state index in [1.807, 2.05) is 0 Å². The van der Waals surface area contributed by atoms with E-state index in [4.69, 9.17) is 0 Å². The summed E-state index contributed by atoms with van der Waals surface area (Å²) in [6.45, 7) is 0.692. The largest absolute Gasteiger partial charge is 0.385 e. The molecule has 0 rings (SSSR count). The van der Waals surface area contributed by atoms with Crippen molar-refractivity contribution in [2.45, 2.75) is 79.2 Å². The van der Waals surface area contributed by atoms with Crippen molar-refractivity contribution >= 4 is 0 Å². The predicted molar refractivity (Wildman–Crippen MR) is 69.8 cm³/mol. The number of rotatable bonds is 12. The van der Waals surface area contributed by atoms with Gasteiger partial charge in [-0.2, -0.15) is 87.8 Å². The van der Waals surface area contributed by atoms with E-state index in [-0.39, 0.29) is 0 Å². The molecule has 211 valence electrons. The van der Waals surface area contributed by atoms with Gasteiger partial charge >= 0.3 is 59.7 Å². The van der Waals surface area contributed by atoms with Gasteiger partial charge in [-0.3, -0.25) is 0 Å². The molecule has 0 N–H and O–H groups in total. The average molecular weight is 575 g/mol. The molecule has 0 saturated heterocycles. The summed E-state index contributed by atoms with van der Waals surface area (Å²) >= 11 is 0. The molecule has 0 aromatic heterocycles. The highest BCUT2D eigenvalue weighted by molar-refractivity contribution is 5.18. The van der Waals surface area contributed by atoms with E-state index in [2.05, 4.69) is 0 Å². The second-order valence-corrected chi connectivity index (χ2v) is 6.73. The fourth-order valence-electron chi connectivity index (χ4n) is 2.14. The van der Waals surface area contributed by atoms with Crippen LogP contribution in [0.2, 0.25) is 0 Å². The van der Waals surface area contributed by atoms with Gasteiger partial charge in [0.05, 0.1) is 0 Å². The Morgan fingerprint density at radius 3 is 1.00 bits per heavy atom. The standard InChI is InChI=1S/C14H8F21/c1-2-3-4(15)6(18,19)8(22,23)10(26,27)12(30,31)14(34,35)13(32,33)11(28,29)9(24,25)7(20,21)5(16)17/h4H,2-3H2,1H3. The Morgan fingerprint density at radius 1 is 0.486 bits per heavy atom. The Morgan fingerprint density at radius 2 is 0.743 bits per heavy atom. The summed E-state index contributed by atoms with van der Waals surface area (Å²) in [6, 6.07) is 0. The van der Waals surface area contributed by atoms with Crippen LogP contribution in [0, 0.1) is 6.43 Å². The summed E-state index contributed by atoms with van der Waals surface area (Å²) < 4.78 is 276. The Labute approximate surface area is 179 Å². The van der Waals surface area contributed by atoms with Crippen molar-refractivity contribution < 1.29 is 92.2 Å². The molecule has 35 heavy (non-hydrogen) atoms. The van der Waals surface area contributed by atoms with Crippen molar-refractivity contribution in [1.82, 2.24) is 0 Å². The molecule has 0 aliphatic heterocycles. The minimum atomic E-state index is -9.09. The normalized spacial score (nSPS) is 17.2. The van der Waals surface area contributed by atoms with Gasteiger partial charge < -0.3 is 0 Å². The zero-order valence-corrected chi connectivity index (χ0v) is 15.9. The van der Waals surface area contributed by atoms with E-state index in [1.165, 1.54) is 0 Å². The molecule has 0 aliphatic carbocycles. The molecule has 1 atom stereocenters. The number of hydrogen-bond acceptors (Lipinski definition) is 0. The highest BCUT2D eigenvalue weighted by Crippen LogP contribution is 2.66. The Kier molecular flexibility index (Phi) is 8.46. The minimum Gasteiger partial charge on any atom is -0.241 e. The van der Waals surface area contributed by atoms with Crippen LogP contribution in [0.3, 0.4) is 0 Å². The summed E-state index contributed by atoms with van der Waals surface area (Å²) in [7, 11) is 0. The first kappa shape index (κ1) is 33.5. The van der Waals surface area contributed by atoms with Crippen LogP contribution in [0.5, 0.6) is 0 Å². The van der Waals surface area contributed by atoms with Crippen LogP contribution in [0.4, 0.5) is 92.2 Å². The van der Waals surface area contributed by atoms with Crippen molar-refractivity contribution in [1.29, 1.82) is 0 Å². The Balaban J connectivity index is 6.98. The summed E-state index contributed by atoms with van der Waals surface area (Å²) in [5.41, 5.74) is 0. The van der Waals surface area contributed by atoms with Crippen LogP contribution in [0.15, 0.2) is 0 Å². The van der Waals surface area contributed by atoms with E-state index in [0.717, 1.165) is 0 Å². The van der Waals surface area contributed by atoms with Crippen molar-refractivity contribution in [2.24, 2.45) is 0 Å². The van der Waals surface area contributed by atoms with Crippen LogP contribution < -0.4 is 0 Å². The Bertz CT molecular complexity index is 734. The first-order valence-electron chi connectivity index (χ1n) is 8.15. The number of alkyl halides is 19. The van der Waals surface area contributed by atoms with Gasteiger partial charge in [-0.25, -0.2) is 4.39 Å². The third-order valence-electron chi connectivity index (χ3n) is 4.35. The van der Waals surface area contributed by atoms with Gasteiger partial charge in [0, 0.05) is 0 Å². The molecular formula is C14H8F21. The molecule has 1 radical (unpaired) electrons. The van der Waals surface area contributed by atoms with Gasteiger partial charge in [0.25, 0.3) is 0 Å². The van der Waals surface area contributed by atoms with E-state index < -0.39 is 78.7 Å². The quantitative estimate of drug-likeness (QED) is 0.206. The fourth-order valence-corrected chi connectivity index (χ4v) is 2.14. The van der Waals surface area contributed by atoms with Gasteiger partial charge in [-0.1, -0.05) is 13.3 Å². The SMILES string of the molecule is CCCC(F)C(F)(F)C(F)(F)C(F)(F)C(F)(F)C(F)(F)C(F)(F)C(F)(F)C(F)(F)C(F)(F)[C](F)F. The summed E-state index contributed by atoms with van der Waals surface area (Å²) in [6.07, 6.45) is -12.6. The van der Waals surface area contributed by atoms with E-state index >= 15 is 0 Å². The summed E-state index contributed by atoms with van der Waals surface area (Å²) in [4.78, 5) is 0. The molecule has 21 heteroatoms. The van der Waals surface area contributed by atoms with E-state index in [0.29, 0.717) is 6.92 Å². The average Bonchev–Trinajstić information content (AvgIpc) is 2.66. The molecular weight excluding hydrogens is 567 g/mol. The first-order chi connectivity index (χ1) is 14.9. The van der Waals surface area contributed by atoms with Gasteiger partial charge in [0.1, 0.15) is 0 Å². The van der Waals surface area contributed by atoms with Crippen molar-refractivity contribution in [3.8, 4) is 0 Å². The van der Waals surface area contributed by atoms with Crippen LogP contribution in [0.25, 0.3) is 0 Å². The smallest absolute Gasteiger partial charge is 0.241 e. The third-order valence-corrected chi connectivity index (χ3v) is 4.35. The monoisotopic (exact) mass is 575 g/mol. The van der Waals surface area contributed by atoms with Gasteiger partial charge in [-0.05, 0) is 6.42 Å². The number of halogens is 21. The second-order valence-electron chi connectivity index (χ2n) is 6.73. The van der Waals surface area contributed by atoms with Crippen molar-refractivity contribution in [2.75, 3.05) is 0 Å². The highest BCUT2D eigenvalue weighted by Gasteiger charge is 2.97. The van der Waals surface area contributed by atoms with Gasteiger partial charge in [0.2, 0.25) is 0 Å². The zero-order valence-electron chi connectivity index (χ0n) is 15.9. The summed E-state index contributed by atoms with van der Waals surface area (Å²) in [5, 5.41) is 0. The third kappa shape index (κ3) is 4.14. The topological polar surface area (TPSA) is 0 Å². The van der Waals surface area contributed by atoms with Crippen LogP contribution in [0.1, 0.15) is 19.8 Å². The molecule has 0 heterocycles. The van der Waals surface area contributed by atoms with Crippen LogP contribution in [-0.4, -0.2) is 59.5 Å². The lowest BCUT2D eigenvalue weighted by atomic mass is 9.85. The molecule has 0 bridgehead atoms. The lowest BCUT2D eigenvalue weighted by Gasteiger charge is -2.44. The molecule has 0 spiro atoms. The molecule has 0 aromatic carbocycles. The first-order valence-corrected chi connectivity index (χ1v) is 8.15. The lowest BCUT2D eigenvalue weighted by Crippen LogP contribution is -2.76. The fraction of sp³-hybridized carbons (Fsp3) is 0.929. The second kappa shape index (κ2) is 8.83. The van der Waals surface area contributed by atoms with E-state index in [1.54, 1.807) is 0 Å². The van der Waals surface area contributed by atoms with Gasteiger partial charge in [-0.15, -0.1) is 0 Å². The lowest BCUT2D eigenvalue weighted by molar-refractivity contribution is -0.464. The molecule has 0 saturated carbocycles. The molecule has 1 unspecified atom stereocenters. The van der Waals surface area contributed by atoms with Crippen molar-refractivity contribution in [3.05, 3.63) is 6.43 Å². The molecule has 0 nitrogen and oxygen atoms in total. The maximum atomic E-state index is 13.5. The predicted octanol–water partition coefficient (Wildman–Crippen LogP) is 8.27. The van der Waals surface area contributed by atoms with Crippen LogP contribution >= 0.6 is 0 Å². The van der Waals surface area contributed by atoms with Crippen molar-refractivity contribution in [3.63, 3.8) is 0 Å². The molecule has 0 aromatic rings. The molecule has 0 amide bonds. The maximum absolute atomic E-state index is 13.5. The maximum Gasteiger partial charge on any atom is 0.385 e. The molecule has 0 aliphatic rings. The molecule has 0 fully saturated rings. The highest BCUT2D eigenvalue weighted by atomic mass is 19.4.